The molecule has 0 atom stereocenters. The Bertz CT molecular complexity index is 942. The minimum absolute atomic E-state index is 0.0415. The maximum atomic E-state index is 12.6. The SMILES string of the molecule is Cc1cccc(N2CCN(S(=O)(=O)CCNC(=O)Nc3ccc(Cl)cc3)CC2)c1. The predicted octanol–water partition coefficient (Wildman–Crippen LogP) is 2.92. The molecule has 0 aliphatic carbocycles. The molecule has 0 bridgehead atoms. The number of rotatable bonds is 6. The third kappa shape index (κ3) is 6.09. The molecule has 1 heterocycles. The topological polar surface area (TPSA) is 81.8 Å². The highest BCUT2D eigenvalue weighted by molar-refractivity contribution is 7.89. The van der Waals surface area contributed by atoms with Gasteiger partial charge in [-0.15, -0.1) is 0 Å². The lowest BCUT2D eigenvalue weighted by Crippen LogP contribution is -2.50. The van der Waals surface area contributed by atoms with Gasteiger partial charge in [0.05, 0.1) is 5.75 Å². The number of carbonyl (C=O) groups is 1. The van der Waals surface area contributed by atoms with Gasteiger partial charge in [-0.3, -0.25) is 0 Å². The molecule has 0 radical (unpaired) electrons. The van der Waals surface area contributed by atoms with Crippen molar-refractivity contribution in [2.45, 2.75) is 6.92 Å². The zero-order chi connectivity index (χ0) is 20.9. The fraction of sp³-hybridized carbons (Fsp3) is 0.350. The van der Waals surface area contributed by atoms with Gasteiger partial charge < -0.3 is 15.5 Å². The molecule has 0 unspecified atom stereocenters. The van der Waals surface area contributed by atoms with Crippen LogP contribution < -0.4 is 15.5 Å². The van der Waals surface area contributed by atoms with Crippen molar-refractivity contribution < 1.29 is 13.2 Å². The number of sulfonamides is 1. The third-order valence-corrected chi connectivity index (χ3v) is 6.87. The summed E-state index contributed by atoms with van der Waals surface area (Å²) in [5.74, 6) is -0.133. The van der Waals surface area contributed by atoms with Crippen LogP contribution in [0.5, 0.6) is 0 Å². The summed E-state index contributed by atoms with van der Waals surface area (Å²) in [7, 11) is -3.42. The van der Waals surface area contributed by atoms with Crippen LogP contribution in [0.1, 0.15) is 5.56 Å². The second kappa shape index (κ2) is 9.47. The average Bonchev–Trinajstić information content (AvgIpc) is 2.70. The highest BCUT2D eigenvalue weighted by atomic mass is 35.5. The number of nitrogens with zero attached hydrogens (tertiary/aromatic N) is 2. The van der Waals surface area contributed by atoms with E-state index in [0.717, 1.165) is 5.69 Å². The normalized spacial score (nSPS) is 15.2. The van der Waals surface area contributed by atoms with Crippen LogP contribution in [0.2, 0.25) is 5.02 Å². The number of piperazine rings is 1. The third-order valence-electron chi connectivity index (χ3n) is 4.75. The molecule has 156 valence electrons. The maximum Gasteiger partial charge on any atom is 0.319 e. The summed E-state index contributed by atoms with van der Waals surface area (Å²) in [5.41, 5.74) is 2.88. The van der Waals surface area contributed by atoms with Crippen molar-refractivity contribution in [2.75, 3.05) is 48.7 Å². The number of halogens is 1. The molecule has 2 amide bonds. The Kier molecular flexibility index (Phi) is 7.00. The van der Waals surface area contributed by atoms with Gasteiger partial charge in [0.2, 0.25) is 10.0 Å². The molecular weight excluding hydrogens is 412 g/mol. The highest BCUT2D eigenvalue weighted by Gasteiger charge is 2.26. The van der Waals surface area contributed by atoms with Crippen molar-refractivity contribution in [1.29, 1.82) is 0 Å². The maximum absolute atomic E-state index is 12.6. The Morgan fingerprint density at radius 1 is 1.07 bits per heavy atom. The Balaban J connectivity index is 1.44. The molecule has 2 N–H and O–H groups in total. The van der Waals surface area contributed by atoms with Crippen molar-refractivity contribution in [3.05, 3.63) is 59.1 Å². The summed E-state index contributed by atoms with van der Waals surface area (Å²) in [6.45, 7) is 4.25. The lowest BCUT2D eigenvalue weighted by molar-refractivity contribution is 0.252. The van der Waals surface area contributed by atoms with Gasteiger partial charge in [-0.2, -0.15) is 4.31 Å². The summed E-state index contributed by atoms with van der Waals surface area (Å²) < 4.78 is 26.7. The lowest BCUT2D eigenvalue weighted by Gasteiger charge is -2.35. The number of anilines is 2. The molecule has 0 aromatic heterocycles. The van der Waals surface area contributed by atoms with Crippen LogP contribution in [-0.2, 0) is 10.0 Å². The van der Waals surface area contributed by atoms with E-state index in [9.17, 15) is 13.2 Å². The van der Waals surface area contributed by atoms with E-state index in [1.165, 1.54) is 9.87 Å². The second-order valence-corrected chi connectivity index (χ2v) is 9.45. The summed E-state index contributed by atoms with van der Waals surface area (Å²) in [6.07, 6.45) is 0. The standard InChI is InChI=1S/C20H25ClN4O3S/c1-16-3-2-4-19(15-16)24-10-12-25(13-11-24)29(27,28)14-9-22-20(26)23-18-7-5-17(21)6-8-18/h2-8,15H,9-14H2,1H3,(H2,22,23,26). The van der Waals surface area contributed by atoms with Gasteiger partial charge in [0.1, 0.15) is 0 Å². The quantitative estimate of drug-likeness (QED) is 0.729. The van der Waals surface area contributed by atoms with Crippen LogP contribution in [-0.4, -0.2) is 57.2 Å². The van der Waals surface area contributed by atoms with Crippen LogP contribution in [0.25, 0.3) is 0 Å². The van der Waals surface area contributed by atoms with Gasteiger partial charge in [-0.25, -0.2) is 13.2 Å². The van der Waals surface area contributed by atoms with Crippen molar-refractivity contribution in [3.8, 4) is 0 Å². The Morgan fingerprint density at radius 2 is 1.76 bits per heavy atom. The number of carbonyl (C=O) groups excluding carboxylic acids is 1. The average molecular weight is 437 g/mol. The number of hydrogen-bond acceptors (Lipinski definition) is 4. The molecule has 1 fully saturated rings. The first kappa shape index (κ1) is 21.4. The highest BCUT2D eigenvalue weighted by Crippen LogP contribution is 2.19. The minimum Gasteiger partial charge on any atom is -0.369 e. The van der Waals surface area contributed by atoms with Crippen molar-refractivity contribution in [1.82, 2.24) is 9.62 Å². The van der Waals surface area contributed by atoms with Crippen LogP contribution in [0.15, 0.2) is 48.5 Å². The van der Waals surface area contributed by atoms with E-state index in [0.29, 0.717) is 36.9 Å². The first-order chi connectivity index (χ1) is 13.8. The Labute approximate surface area is 176 Å². The van der Waals surface area contributed by atoms with E-state index in [1.54, 1.807) is 24.3 Å². The molecule has 0 spiro atoms. The molecule has 1 saturated heterocycles. The first-order valence-electron chi connectivity index (χ1n) is 9.43. The van der Waals surface area contributed by atoms with E-state index in [1.807, 2.05) is 25.1 Å². The molecule has 29 heavy (non-hydrogen) atoms. The molecule has 1 aliphatic rings. The van der Waals surface area contributed by atoms with Gasteiger partial charge in [-0.05, 0) is 48.9 Å². The largest absolute Gasteiger partial charge is 0.369 e. The van der Waals surface area contributed by atoms with Gasteiger partial charge in [0.15, 0.2) is 0 Å². The first-order valence-corrected chi connectivity index (χ1v) is 11.4. The van der Waals surface area contributed by atoms with E-state index >= 15 is 0 Å². The molecule has 3 rings (SSSR count). The lowest BCUT2D eigenvalue weighted by atomic mass is 10.2. The molecule has 2 aromatic carbocycles. The van der Waals surface area contributed by atoms with E-state index in [2.05, 4.69) is 21.6 Å². The van der Waals surface area contributed by atoms with E-state index in [-0.39, 0.29) is 12.3 Å². The number of hydrogen-bond donors (Lipinski definition) is 2. The monoisotopic (exact) mass is 436 g/mol. The van der Waals surface area contributed by atoms with Gasteiger partial charge >= 0.3 is 6.03 Å². The fourth-order valence-corrected chi connectivity index (χ4v) is 4.64. The zero-order valence-electron chi connectivity index (χ0n) is 16.3. The van der Waals surface area contributed by atoms with Crippen LogP contribution in [0, 0.1) is 6.92 Å². The van der Waals surface area contributed by atoms with Crippen molar-refractivity contribution >= 4 is 39.0 Å². The van der Waals surface area contributed by atoms with Crippen molar-refractivity contribution in [2.24, 2.45) is 0 Å². The molecule has 9 heteroatoms. The van der Waals surface area contributed by atoms with E-state index in [4.69, 9.17) is 11.6 Å². The minimum atomic E-state index is -3.42. The number of amides is 2. The predicted molar refractivity (Wildman–Crippen MR) is 117 cm³/mol. The molecule has 2 aromatic rings. The smallest absolute Gasteiger partial charge is 0.319 e. The summed E-state index contributed by atoms with van der Waals surface area (Å²) in [5, 5.41) is 5.80. The zero-order valence-corrected chi connectivity index (χ0v) is 17.8. The summed E-state index contributed by atoms with van der Waals surface area (Å²) >= 11 is 5.80. The number of urea groups is 1. The van der Waals surface area contributed by atoms with Gasteiger partial charge in [0.25, 0.3) is 0 Å². The number of benzene rings is 2. The molecule has 1 aliphatic heterocycles. The van der Waals surface area contributed by atoms with Crippen LogP contribution >= 0.6 is 11.6 Å². The fourth-order valence-electron chi connectivity index (χ4n) is 3.18. The second-order valence-electron chi connectivity index (χ2n) is 6.93. The van der Waals surface area contributed by atoms with Gasteiger partial charge in [-0.1, -0.05) is 23.7 Å². The summed E-state index contributed by atoms with van der Waals surface area (Å²) in [6, 6.07) is 14.4. The molecule has 0 saturated carbocycles. The Morgan fingerprint density at radius 3 is 2.41 bits per heavy atom. The molecule has 7 nitrogen and oxygen atoms in total. The Hall–Kier alpha value is -2.29. The van der Waals surface area contributed by atoms with Crippen LogP contribution in [0.3, 0.4) is 0 Å². The van der Waals surface area contributed by atoms with Crippen molar-refractivity contribution in [3.63, 3.8) is 0 Å². The van der Waals surface area contributed by atoms with Gasteiger partial charge in [0, 0.05) is 49.1 Å². The van der Waals surface area contributed by atoms with Crippen LogP contribution in [0.4, 0.5) is 16.2 Å². The molecular formula is C20H25ClN4O3S. The summed E-state index contributed by atoms with van der Waals surface area (Å²) in [4.78, 5) is 14.1. The number of nitrogens with one attached hydrogen (secondary N) is 2. The van der Waals surface area contributed by atoms with E-state index < -0.39 is 16.1 Å². The number of aryl methyl sites for hydroxylation is 1.